The van der Waals surface area contributed by atoms with Gasteiger partial charge in [-0.25, -0.2) is 4.79 Å². The zero-order valence-electron chi connectivity index (χ0n) is 21.1. The zero-order valence-corrected chi connectivity index (χ0v) is 21.1. The van der Waals surface area contributed by atoms with Crippen molar-refractivity contribution in [3.8, 4) is 0 Å². The van der Waals surface area contributed by atoms with E-state index >= 15 is 0 Å². The highest BCUT2D eigenvalue weighted by atomic mass is 16.7. The first-order chi connectivity index (χ1) is 17.0. The van der Waals surface area contributed by atoms with E-state index in [-0.39, 0.29) is 24.8 Å². The average molecular weight is 505 g/mol. The van der Waals surface area contributed by atoms with Gasteiger partial charge in [0.2, 0.25) is 0 Å². The summed E-state index contributed by atoms with van der Waals surface area (Å²) in [5.74, 6) is -2.24. The molecule has 36 heavy (non-hydrogen) atoms. The fourth-order valence-corrected chi connectivity index (χ4v) is 7.67. The Labute approximate surface area is 208 Å². The average Bonchev–Trinajstić information content (AvgIpc) is 3.71. The Balaban J connectivity index is 1.40. The maximum Gasteiger partial charge on any atom is 0.331 e. The van der Waals surface area contributed by atoms with Crippen LogP contribution in [0.15, 0.2) is 11.6 Å². The van der Waals surface area contributed by atoms with Crippen molar-refractivity contribution in [2.45, 2.75) is 109 Å². The Morgan fingerprint density at radius 1 is 1.00 bits per heavy atom. The summed E-state index contributed by atoms with van der Waals surface area (Å²) in [6.45, 7) is 9.18. The molecule has 0 bridgehead atoms. The molecule has 0 aromatic rings. The van der Waals surface area contributed by atoms with Crippen LogP contribution in [0, 0.1) is 16.7 Å². The van der Waals surface area contributed by atoms with Crippen LogP contribution in [0.4, 0.5) is 0 Å². The van der Waals surface area contributed by atoms with Crippen LogP contribution in [-0.2, 0) is 47.6 Å². The summed E-state index contributed by atoms with van der Waals surface area (Å²) in [4.78, 5) is 51.0. The third-order valence-electron chi connectivity index (χ3n) is 9.14. The second-order valence-corrected chi connectivity index (χ2v) is 11.3. The third kappa shape index (κ3) is 2.80. The molecular formula is C26H32O10. The summed E-state index contributed by atoms with van der Waals surface area (Å²) >= 11 is 0. The Morgan fingerprint density at radius 3 is 2.39 bits per heavy atom. The quantitative estimate of drug-likeness (QED) is 0.287. The second-order valence-electron chi connectivity index (χ2n) is 11.3. The summed E-state index contributed by atoms with van der Waals surface area (Å²) in [5.41, 5.74) is -2.39. The molecule has 3 saturated heterocycles. The number of fused-ring (bicyclic) bond motifs is 4. The van der Waals surface area contributed by atoms with Crippen molar-refractivity contribution < 1.29 is 47.6 Å². The molecular weight excluding hydrogens is 472 g/mol. The number of epoxide rings is 2. The van der Waals surface area contributed by atoms with Crippen LogP contribution in [-0.4, -0.2) is 72.2 Å². The van der Waals surface area contributed by atoms with Crippen LogP contribution in [0.25, 0.3) is 0 Å². The molecule has 1 spiro atoms. The number of carbonyl (C=O) groups is 4. The van der Waals surface area contributed by atoms with E-state index in [1.807, 2.05) is 20.8 Å². The Morgan fingerprint density at radius 2 is 1.69 bits per heavy atom. The highest BCUT2D eigenvalue weighted by molar-refractivity contribution is 5.88. The van der Waals surface area contributed by atoms with Crippen LogP contribution in [0.1, 0.15) is 60.3 Å². The molecule has 1 unspecified atom stereocenters. The first-order valence-corrected chi connectivity index (χ1v) is 12.9. The Hall–Kier alpha value is -2.46. The van der Waals surface area contributed by atoms with E-state index in [9.17, 15) is 19.2 Å². The Bertz CT molecular complexity index is 1080. The maximum atomic E-state index is 13.5. The minimum absolute atomic E-state index is 0.243. The van der Waals surface area contributed by atoms with Gasteiger partial charge in [-0.3, -0.25) is 14.4 Å². The second kappa shape index (κ2) is 7.54. The predicted octanol–water partition coefficient (Wildman–Crippen LogP) is 1.77. The van der Waals surface area contributed by atoms with E-state index in [1.54, 1.807) is 13.8 Å². The normalized spacial score (nSPS) is 47.6. The summed E-state index contributed by atoms with van der Waals surface area (Å²) in [5, 5.41) is 0. The smallest absolute Gasteiger partial charge is 0.331 e. The van der Waals surface area contributed by atoms with Crippen LogP contribution >= 0.6 is 0 Å². The van der Waals surface area contributed by atoms with Crippen molar-refractivity contribution in [1.29, 1.82) is 0 Å². The lowest BCUT2D eigenvalue weighted by Gasteiger charge is -2.53. The number of carbonyl (C=O) groups excluding carboxylic acids is 4. The Kier molecular flexibility index (Phi) is 5.00. The molecule has 10 nitrogen and oxygen atoms in total. The number of rotatable bonds is 7. The van der Waals surface area contributed by atoms with Crippen LogP contribution in [0.2, 0.25) is 0 Å². The van der Waals surface area contributed by atoms with Gasteiger partial charge in [0.25, 0.3) is 0 Å². The lowest BCUT2D eigenvalue weighted by atomic mass is 9.46. The molecule has 0 aromatic heterocycles. The number of hydrogen-bond acceptors (Lipinski definition) is 10. The topological polar surface area (TPSA) is 130 Å². The van der Waals surface area contributed by atoms with Gasteiger partial charge >= 0.3 is 23.9 Å². The summed E-state index contributed by atoms with van der Waals surface area (Å²) in [7, 11) is 0. The molecule has 10 heteroatoms. The van der Waals surface area contributed by atoms with Crippen molar-refractivity contribution in [1.82, 2.24) is 0 Å². The van der Waals surface area contributed by atoms with Gasteiger partial charge in [0, 0.05) is 30.3 Å². The van der Waals surface area contributed by atoms with E-state index in [0.29, 0.717) is 18.4 Å². The van der Waals surface area contributed by atoms with Crippen LogP contribution in [0.5, 0.6) is 0 Å². The highest BCUT2D eigenvalue weighted by Crippen LogP contribution is 2.76. The summed E-state index contributed by atoms with van der Waals surface area (Å²) < 4.78 is 35.6. The van der Waals surface area contributed by atoms with Crippen LogP contribution in [0.3, 0.4) is 0 Å². The van der Waals surface area contributed by atoms with Gasteiger partial charge in [-0.1, -0.05) is 20.8 Å². The van der Waals surface area contributed by atoms with Gasteiger partial charge in [0.15, 0.2) is 11.7 Å². The van der Waals surface area contributed by atoms with E-state index in [4.69, 9.17) is 28.4 Å². The van der Waals surface area contributed by atoms with Gasteiger partial charge in [0.1, 0.15) is 35.9 Å². The fraction of sp³-hybridized carbons (Fsp3) is 0.769. The monoisotopic (exact) mass is 504 g/mol. The molecule has 0 aromatic carbocycles. The molecule has 0 radical (unpaired) electrons. The van der Waals surface area contributed by atoms with Crippen molar-refractivity contribution in [3.63, 3.8) is 0 Å². The number of esters is 4. The number of cyclic esters (lactones) is 1. The molecule has 4 aliphatic heterocycles. The minimum atomic E-state index is -1.17. The molecule has 6 rings (SSSR count). The minimum Gasteiger partial charge on any atom is -0.459 e. The van der Waals surface area contributed by atoms with Gasteiger partial charge < -0.3 is 28.4 Å². The van der Waals surface area contributed by atoms with E-state index < -0.39 is 77.0 Å². The van der Waals surface area contributed by atoms with E-state index in [0.717, 1.165) is 0 Å². The van der Waals surface area contributed by atoms with Crippen molar-refractivity contribution in [3.05, 3.63) is 11.6 Å². The van der Waals surface area contributed by atoms with Crippen molar-refractivity contribution >= 4 is 23.9 Å². The van der Waals surface area contributed by atoms with Crippen molar-refractivity contribution in [2.75, 3.05) is 0 Å². The van der Waals surface area contributed by atoms with Gasteiger partial charge in [0.05, 0.1) is 6.10 Å². The summed E-state index contributed by atoms with van der Waals surface area (Å²) in [6, 6.07) is 0. The third-order valence-corrected chi connectivity index (χ3v) is 9.14. The largest absolute Gasteiger partial charge is 0.459 e. The van der Waals surface area contributed by atoms with Gasteiger partial charge in [-0.2, -0.15) is 0 Å². The van der Waals surface area contributed by atoms with E-state index in [2.05, 4.69) is 0 Å². The number of hydrogen-bond donors (Lipinski definition) is 0. The zero-order chi connectivity index (χ0) is 25.8. The highest BCUT2D eigenvalue weighted by Gasteiger charge is 2.89. The molecule has 11 atom stereocenters. The molecule has 196 valence electrons. The molecule has 4 heterocycles. The number of ether oxygens (including phenoxy) is 6. The summed E-state index contributed by atoms with van der Waals surface area (Å²) in [6.07, 6.45) is -1.40. The first-order valence-electron chi connectivity index (χ1n) is 12.9. The standard InChI is InChI=1S/C26H32O10/c1-6-8-13(27)31-11(3)19-26-12(10-15(29)33-19)24(4)18-16(22(26)36-26)35-23(30)25(18,5)21(17-20(24)34-17)32-14(28)9-7-2/h10-11,16-22H,6-9H2,1-5H3/t11?,16-,17+,18+,19+,20-,21-,22+,24+,25+,26+/m0/s1. The van der Waals surface area contributed by atoms with Gasteiger partial charge in [-0.05, 0) is 32.3 Å². The lowest BCUT2D eigenvalue weighted by molar-refractivity contribution is -0.175. The first kappa shape index (κ1) is 23.9. The van der Waals surface area contributed by atoms with Crippen LogP contribution < -0.4 is 0 Å². The molecule has 5 fully saturated rings. The maximum absolute atomic E-state index is 13.5. The van der Waals surface area contributed by atoms with Gasteiger partial charge in [-0.15, -0.1) is 0 Å². The molecule has 6 aliphatic rings. The lowest BCUT2D eigenvalue weighted by Crippen LogP contribution is -2.66. The molecule has 0 amide bonds. The van der Waals surface area contributed by atoms with Crippen molar-refractivity contribution in [2.24, 2.45) is 16.7 Å². The molecule has 0 N–H and O–H groups in total. The predicted molar refractivity (Wildman–Crippen MR) is 119 cm³/mol. The SMILES string of the molecule is CCCC(=O)OC(C)[C@H]1OC(=O)C=C2[C@]3(C)[C@H]4[C@H](OC(=O)[C@@]4(C)[C@@H](OC(=O)CCC)[C@@H]4O[C@@H]43)[C@H]3O[C@]213. The molecule has 2 saturated carbocycles. The fourth-order valence-electron chi connectivity index (χ4n) is 7.67. The van der Waals surface area contributed by atoms with E-state index in [1.165, 1.54) is 6.08 Å². The molecule has 2 aliphatic carbocycles.